The maximum atomic E-state index is 2.61. The minimum absolute atomic E-state index is 0.123. The zero-order valence-corrected chi connectivity index (χ0v) is 30.7. The van der Waals surface area contributed by atoms with E-state index in [1.54, 1.807) is 0 Å². The Morgan fingerprint density at radius 3 is 1.95 bits per heavy atom. The SMILES string of the molecule is C1=CC2C=C(N(c3ccc(-c4ccc(-c5ccccc5)cc4)c(-c4ccccc4)c3)C3C=CC(c4cccc5ccccc45)=CC3)c3ccccc3C2C=C1. The molecule has 10 rings (SSSR count). The lowest BCUT2D eigenvalue weighted by Crippen LogP contribution is -2.35. The van der Waals surface area contributed by atoms with Crippen molar-refractivity contribution in [3.05, 3.63) is 235 Å². The van der Waals surface area contributed by atoms with Crippen molar-refractivity contribution in [1.82, 2.24) is 0 Å². The van der Waals surface area contributed by atoms with Crippen molar-refractivity contribution >= 4 is 27.7 Å². The number of nitrogens with zero attached hydrogens (tertiary/aromatic N) is 1. The second-order valence-electron chi connectivity index (χ2n) is 14.8. The summed E-state index contributed by atoms with van der Waals surface area (Å²) in [5, 5.41) is 2.57. The van der Waals surface area contributed by atoms with Crippen LogP contribution >= 0.6 is 0 Å². The summed E-state index contributed by atoms with van der Waals surface area (Å²) in [6, 6.07) is 62.2. The highest BCUT2D eigenvalue weighted by atomic mass is 15.2. The Hall–Kier alpha value is -6.70. The van der Waals surface area contributed by atoms with Gasteiger partial charge in [0.15, 0.2) is 0 Å². The average molecular weight is 704 g/mol. The molecule has 55 heavy (non-hydrogen) atoms. The number of hydrogen-bond donors (Lipinski definition) is 0. The van der Waals surface area contributed by atoms with E-state index in [2.05, 4.69) is 223 Å². The van der Waals surface area contributed by atoms with Crippen molar-refractivity contribution in [3.63, 3.8) is 0 Å². The second kappa shape index (κ2) is 14.3. The molecule has 0 saturated heterocycles. The first-order valence-electron chi connectivity index (χ1n) is 19.5. The van der Waals surface area contributed by atoms with E-state index in [0.717, 1.165) is 6.42 Å². The number of benzene rings is 7. The number of allylic oxidation sites excluding steroid dienone is 7. The molecular weight excluding hydrogens is 663 g/mol. The molecule has 0 fully saturated rings. The second-order valence-corrected chi connectivity index (χ2v) is 14.8. The third-order valence-corrected chi connectivity index (χ3v) is 11.6. The topological polar surface area (TPSA) is 3.24 Å². The van der Waals surface area contributed by atoms with Crippen molar-refractivity contribution < 1.29 is 0 Å². The molecule has 7 aromatic rings. The molecule has 0 saturated carbocycles. The third-order valence-electron chi connectivity index (χ3n) is 11.6. The molecule has 0 bridgehead atoms. The first kappa shape index (κ1) is 32.9. The van der Waals surface area contributed by atoms with E-state index in [-0.39, 0.29) is 6.04 Å². The fourth-order valence-electron chi connectivity index (χ4n) is 8.85. The quantitative estimate of drug-likeness (QED) is 0.160. The van der Waals surface area contributed by atoms with Gasteiger partial charge >= 0.3 is 0 Å². The summed E-state index contributed by atoms with van der Waals surface area (Å²) in [5.74, 6) is 0.635. The standard InChI is InChI=1S/C54H41N/c1-3-14-38(15-4-1)39-26-28-42(29-27-39)50-35-34-46(37-53(50)41-16-5-2-6-17-41)55(54-36-44-19-8-10-22-49(44)51-23-11-12-24-52(51)54)45-32-30-43(31-33-45)48-25-13-20-40-18-7-9-21-47(40)48/h1-32,34-37,44-45,49H,33H2. The van der Waals surface area contributed by atoms with Crippen LogP contribution in [0.5, 0.6) is 0 Å². The molecule has 0 amide bonds. The van der Waals surface area contributed by atoms with Gasteiger partial charge in [-0.2, -0.15) is 0 Å². The Labute approximate surface area is 324 Å². The first-order valence-corrected chi connectivity index (χ1v) is 19.5. The molecule has 3 atom stereocenters. The average Bonchev–Trinajstić information content (AvgIpc) is 3.27. The summed E-state index contributed by atoms with van der Waals surface area (Å²) < 4.78 is 0. The number of rotatable bonds is 7. The Kier molecular flexibility index (Phi) is 8.54. The van der Waals surface area contributed by atoms with E-state index in [9.17, 15) is 0 Å². The van der Waals surface area contributed by atoms with E-state index in [0.29, 0.717) is 11.8 Å². The van der Waals surface area contributed by atoms with Gasteiger partial charge in [-0.25, -0.2) is 0 Å². The summed E-state index contributed by atoms with van der Waals surface area (Å²) in [4.78, 5) is 2.61. The molecule has 0 aliphatic heterocycles. The Balaban J connectivity index is 1.11. The van der Waals surface area contributed by atoms with E-state index in [4.69, 9.17) is 0 Å². The Bertz CT molecular complexity index is 2670. The van der Waals surface area contributed by atoms with E-state index >= 15 is 0 Å². The van der Waals surface area contributed by atoms with Crippen LogP contribution in [0.25, 0.3) is 55.4 Å². The van der Waals surface area contributed by atoms with Crippen LogP contribution in [0.4, 0.5) is 5.69 Å². The highest BCUT2D eigenvalue weighted by Crippen LogP contribution is 2.46. The van der Waals surface area contributed by atoms with Gasteiger partial charge in [0.05, 0.1) is 6.04 Å². The van der Waals surface area contributed by atoms with Gasteiger partial charge in [0.1, 0.15) is 0 Å². The summed E-state index contributed by atoms with van der Waals surface area (Å²) in [6.45, 7) is 0. The molecule has 0 heterocycles. The molecule has 0 radical (unpaired) electrons. The molecule has 0 spiro atoms. The molecule has 0 N–H and O–H groups in total. The molecular formula is C54H41N. The van der Waals surface area contributed by atoms with Crippen LogP contribution in [0.3, 0.4) is 0 Å². The Morgan fingerprint density at radius 2 is 1.13 bits per heavy atom. The minimum Gasteiger partial charge on any atom is -0.334 e. The van der Waals surface area contributed by atoms with Gasteiger partial charge in [0.25, 0.3) is 0 Å². The van der Waals surface area contributed by atoms with Crippen LogP contribution in [0.1, 0.15) is 29.0 Å². The van der Waals surface area contributed by atoms with Crippen molar-refractivity contribution in [2.45, 2.75) is 18.4 Å². The van der Waals surface area contributed by atoms with Crippen LogP contribution in [0.2, 0.25) is 0 Å². The number of hydrogen-bond acceptors (Lipinski definition) is 1. The van der Waals surface area contributed by atoms with Gasteiger partial charge in [-0.15, -0.1) is 0 Å². The normalized spacial score (nSPS) is 18.3. The van der Waals surface area contributed by atoms with Gasteiger partial charge in [-0.1, -0.05) is 206 Å². The summed E-state index contributed by atoms with van der Waals surface area (Å²) >= 11 is 0. The Morgan fingerprint density at radius 1 is 0.473 bits per heavy atom. The summed E-state index contributed by atoms with van der Waals surface area (Å²) in [5.41, 5.74) is 15.1. The fraction of sp³-hybridized carbons (Fsp3) is 0.0741. The van der Waals surface area contributed by atoms with Gasteiger partial charge < -0.3 is 4.90 Å². The van der Waals surface area contributed by atoms with Gasteiger partial charge in [0.2, 0.25) is 0 Å². The molecule has 3 unspecified atom stereocenters. The lowest BCUT2D eigenvalue weighted by atomic mass is 9.75. The minimum atomic E-state index is 0.123. The molecule has 7 aromatic carbocycles. The van der Waals surface area contributed by atoms with E-state index in [1.165, 1.54) is 77.8 Å². The highest BCUT2D eigenvalue weighted by Gasteiger charge is 2.33. The predicted octanol–water partition coefficient (Wildman–Crippen LogP) is 13.9. The molecule has 1 nitrogen and oxygen atoms in total. The maximum absolute atomic E-state index is 2.61. The number of anilines is 1. The maximum Gasteiger partial charge on any atom is 0.0560 e. The third kappa shape index (κ3) is 6.18. The lowest BCUT2D eigenvalue weighted by Gasteiger charge is -2.40. The van der Waals surface area contributed by atoms with E-state index < -0.39 is 0 Å². The van der Waals surface area contributed by atoms with Gasteiger partial charge in [-0.3, -0.25) is 0 Å². The van der Waals surface area contributed by atoms with Gasteiger partial charge in [0, 0.05) is 28.8 Å². The molecule has 262 valence electrons. The zero-order valence-electron chi connectivity index (χ0n) is 30.7. The smallest absolute Gasteiger partial charge is 0.0560 e. The van der Waals surface area contributed by atoms with E-state index in [1.807, 2.05) is 0 Å². The van der Waals surface area contributed by atoms with Crippen molar-refractivity contribution in [1.29, 1.82) is 0 Å². The molecule has 3 aliphatic rings. The van der Waals surface area contributed by atoms with Crippen molar-refractivity contribution in [3.8, 4) is 33.4 Å². The van der Waals surface area contributed by atoms with Crippen LogP contribution in [0, 0.1) is 5.92 Å². The van der Waals surface area contributed by atoms with Crippen LogP contribution in [-0.4, -0.2) is 6.04 Å². The molecule has 1 heteroatoms. The number of fused-ring (bicyclic) bond motifs is 4. The van der Waals surface area contributed by atoms with Crippen LogP contribution < -0.4 is 4.90 Å². The van der Waals surface area contributed by atoms with Crippen LogP contribution in [0.15, 0.2) is 218 Å². The largest absolute Gasteiger partial charge is 0.334 e. The molecule has 0 aromatic heterocycles. The van der Waals surface area contributed by atoms with Crippen molar-refractivity contribution in [2.24, 2.45) is 5.92 Å². The molecule has 3 aliphatic carbocycles. The zero-order chi connectivity index (χ0) is 36.6. The highest BCUT2D eigenvalue weighted by molar-refractivity contribution is 5.97. The van der Waals surface area contributed by atoms with Crippen LogP contribution in [-0.2, 0) is 0 Å². The summed E-state index contributed by atoms with van der Waals surface area (Å²) in [7, 11) is 0. The lowest BCUT2D eigenvalue weighted by molar-refractivity contribution is 0.678. The summed E-state index contributed by atoms with van der Waals surface area (Å²) in [6.07, 6.45) is 19.8. The monoisotopic (exact) mass is 703 g/mol. The first-order chi connectivity index (χ1) is 27.3. The van der Waals surface area contributed by atoms with Gasteiger partial charge in [-0.05, 0) is 79.4 Å². The fourth-order valence-corrected chi connectivity index (χ4v) is 8.85. The van der Waals surface area contributed by atoms with Crippen molar-refractivity contribution in [2.75, 3.05) is 4.90 Å². The predicted molar refractivity (Wildman–Crippen MR) is 234 cm³/mol.